The predicted octanol–water partition coefficient (Wildman–Crippen LogP) is 2.58. The number of carbonyl (C=O) groups is 1. The minimum atomic E-state index is -0.0841. The fourth-order valence-corrected chi connectivity index (χ4v) is 2.34. The van der Waals surface area contributed by atoms with Crippen molar-refractivity contribution in [2.45, 2.75) is 25.7 Å². The number of hydrogen-bond acceptors (Lipinski definition) is 3. The molecule has 2 rings (SSSR count). The third-order valence-corrected chi connectivity index (χ3v) is 3.42. The second-order valence-electron chi connectivity index (χ2n) is 5.63. The summed E-state index contributed by atoms with van der Waals surface area (Å²) < 4.78 is 0. The van der Waals surface area contributed by atoms with Crippen LogP contribution in [0.3, 0.4) is 0 Å². The Balaban J connectivity index is 1.67. The van der Waals surface area contributed by atoms with Gasteiger partial charge in [-0.25, -0.2) is 0 Å². The Bertz CT molecular complexity index is 564. The van der Waals surface area contributed by atoms with Gasteiger partial charge in [0, 0.05) is 32.7 Å². The molecular weight excluding hydrogens is 276 g/mol. The number of unbranched alkanes of at least 4 members (excludes halogenated alkanes) is 3. The van der Waals surface area contributed by atoms with Crippen molar-refractivity contribution in [3.8, 4) is 0 Å². The molecule has 118 valence electrons. The van der Waals surface area contributed by atoms with Gasteiger partial charge in [0.05, 0.1) is 12.0 Å². The van der Waals surface area contributed by atoms with E-state index in [1.165, 1.54) is 0 Å². The third-order valence-electron chi connectivity index (χ3n) is 3.42. The number of aliphatic imine (C=N–C) groups is 2. The monoisotopic (exact) mass is 300 g/mol. The Morgan fingerprint density at radius 1 is 1.09 bits per heavy atom. The van der Waals surface area contributed by atoms with Gasteiger partial charge < -0.3 is 10.2 Å². The van der Waals surface area contributed by atoms with Crippen LogP contribution in [0, 0.1) is 0 Å². The summed E-state index contributed by atoms with van der Waals surface area (Å²) in [7, 11) is 3.94. The Morgan fingerprint density at radius 3 is 2.59 bits per heavy atom. The standard InChI is InChI=1S/C17H24N4O/c1-21(2)13-18-11-7-3-4-8-12-19-16-14-9-5-6-10-15(14)20-17(16)22/h5-6,9-10,13H,3-4,7-8,11-12H2,1-2H3,(H,19,20,22). The van der Waals surface area contributed by atoms with Crippen LogP contribution in [0.1, 0.15) is 31.2 Å². The van der Waals surface area contributed by atoms with E-state index >= 15 is 0 Å². The number of nitrogens with zero attached hydrogens (tertiary/aromatic N) is 3. The molecule has 1 N–H and O–H groups in total. The molecule has 1 aliphatic rings. The van der Waals surface area contributed by atoms with Gasteiger partial charge in [0.25, 0.3) is 5.91 Å². The highest BCUT2D eigenvalue weighted by Crippen LogP contribution is 2.22. The maximum absolute atomic E-state index is 11.9. The first kappa shape index (κ1) is 16.2. The summed E-state index contributed by atoms with van der Waals surface area (Å²) in [6, 6.07) is 7.70. The molecule has 1 aromatic carbocycles. The molecule has 0 fully saturated rings. The number of benzene rings is 1. The molecule has 0 radical (unpaired) electrons. The lowest BCUT2D eigenvalue weighted by Crippen LogP contribution is -2.14. The Labute approximate surface area is 132 Å². The molecular formula is C17H24N4O. The summed E-state index contributed by atoms with van der Waals surface area (Å²) in [5, 5.41) is 2.84. The van der Waals surface area contributed by atoms with Crippen LogP contribution >= 0.6 is 0 Å². The van der Waals surface area contributed by atoms with E-state index in [4.69, 9.17) is 0 Å². The van der Waals surface area contributed by atoms with E-state index in [1.807, 2.05) is 49.6 Å². The zero-order chi connectivity index (χ0) is 15.8. The number of carbonyl (C=O) groups excluding carboxylic acids is 1. The minimum Gasteiger partial charge on any atom is -0.369 e. The first-order valence-corrected chi connectivity index (χ1v) is 7.80. The molecule has 1 amide bonds. The summed E-state index contributed by atoms with van der Waals surface area (Å²) in [5.74, 6) is -0.0841. The van der Waals surface area contributed by atoms with Crippen LogP contribution in [-0.4, -0.2) is 50.0 Å². The van der Waals surface area contributed by atoms with Crippen LogP contribution in [-0.2, 0) is 4.79 Å². The van der Waals surface area contributed by atoms with Crippen molar-refractivity contribution < 1.29 is 4.79 Å². The molecule has 0 saturated heterocycles. The second kappa shape index (κ2) is 8.32. The van der Waals surface area contributed by atoms with E-state index in [-0.39, 0.29) is 5.91 Å². The lowest BCUT2D eigenvalue weighted by molar-refractivity contribution is -0.110. The summed E-state index contributed by atoms with van der Waals surface area (Å²) in [6.07, 6.45) is 6.23. The van der Waals surface area contributed by atoms with E-state index in [9.17, 15) is 4.79 Å². The fourth-order valence-electron chi connectivity index (χ4n) is 2.34. The van der Waals surface area contributed by atoms with Gasteiger partial charge in [-0.1, -0.05) is 31.0 Å². The number of rotatable bonds is 8. The summed E-state index contributed by atoms with van der Waals surface area (Å²) in [5.41, 5.74) is 2.36. The second-order valence-corrected chi connectivity index (χ2v) is 5.63. The fraction of sp³-hybridized carbons (Fsp3) is 0.471. The van der Waals surface area contributed by atoms with Crippen LogP contribution < -0.4 is 5.32 Å². The quantitative estimate of drug-likeness (QED) is 0.456. The van der Waals surface area contributed by atoms with Crippen molar-refractivity contribution in [1.29, 1.82) is 0 Å². The molecule has 0 saturated carbocycles. The number of anilines is 1. The van der Waals surface area contributed by atoms with E-state index in [2.05, 4.69) is 15.3 Å². The first-order valence-electron chi connectivity index (χ1n) is 7.80. The third kappa shape index (κ3) is 4.69. The highest BCUT2D eigenvalue weighted by atomic mass is 16.2. The Morgan fingerprint density at radius 2 is 1.82 bits per heavy atom. The van der Waals surface area contributed by atoms with Crippen molar-refractivity contribution in [3.05, 3.63) is 29.8 Å². The van der Waals surface area contributed by atoms with Gasteiger partial charge in [0.15, 0.2) is 0 Å². The highest BCUT2D eigenvalue weighted by Gasteiger charge is 2.24. The van der Waals surface area contributed by atoms with Gasteiger partial charge in [-0.2, -0.15) is 0 Å². The molecule has 1 heterocycles. The molecule has 1 aromatic rings. The molecule has 22 heavy (non-hydrogen) atoms. The molecule has 5 nitrogen and oxygen atoms in total. The highest BCUT2D eigenvalue weighted by molar-refractivity contribution is 6.53. The van der Waals surface area contributed by atoms with Gasteiger partial charge in [0.1, 0.15) is 5.71 Å². The Kier molecular flexibility index (Phi) is 6.13. The number of para-hydroxylation sites is 1. The van der Waals surface area contributed by atoms with Gasteiger partial charge in [-0.05, 0) is 18.9 Å². The first-order chi connectivity index (χ1) is 10.7. The maximum Gasteiger partial charge on any atom is 0.274 e. The lowest BCUT2D eigenvalue weighted by atomic mass is 10.1. The van der Waals surface area contributed by atoms with Crippen LogP contribution in [0.5, 0.6) is 0 Å². The van der Waals surface area contributed by atoms with E-state index in [0.29, 0.717) is 12.3 Å². The number of fused-ring (bicyclic) bond motifs is 1. The predicted molar refractivity (Wildman–Crippen MR) is 92.0 cm³/mol. The molecule has 0 atom stereocenters. The summed E-state index contributed by atoms with van der Waals surface area (Å²) >= 11 is 0. The number of nitrogens with one attached hydrogen (secondary N) is 1. The minimum absolute atomic E-state index is 0.0841. The molecule has 5 heteroatoms. The van der Waals surface area contributed by atoms with Crippen molar-refractivity contribution in [2.75, 3.05) is 32.5 Å². The Hall–Kier alpha value is -2.17. The van der Waals surface area contributed by atoms with Gasteiger partial charge in [-0.3, -0.25) is 14.8 Å². The average Bonchev–Trinajstić information content (AvgIpc) is 2.81. The van der Waals surface area contributed by atoms with Gasteiger partial charge in [0.2, 0.25) is 0 Å². The van der Waals surface area contributed by atoms with Crippen LogP contribution in [0.2, 0.25) is 0 Å². The maximum atomic E-state index is 11.9. The lowest BCUT2D eigenvalue weighted by Gasteiger charge is -2.02. The van der Waals surface area contributed by atoms with E-state index in [0.717, 1.165) is 43.5 Å². The van der Waals surface area contributed by atoms with Crippen LogP contribution in [0.15, 0.2) is 34.3 Å². The number of hydrogen-bond donors (Lipinski definition) is 1. The molecule has 0 aromatic heterocycles. The van der Waals surface area contributed by atoms with Crippen molar-refractivity contribution in [1.82, 2.24) is 4.90 Å². The smallest absolute Gasteiger partial charge is 0.274 e. The average molecular weight is 300 g/mol. The number of amides is 1. The van der Waals surface area contributed by atoms with Crippen LogP contribution in [0.4, 0.5) is 5.69 Å². The van der Waals surface area contributed by atoms with Gasteiger partial charge in [-0.15, -0.1) is 0 Å². The summed E-state index contributed by atoms with van der Waals surface area (Å²) in [4.78, 5) is 22.6. The van der Waals surface area contributed by atoms with Crippen molar-refractivity contribution in [2.24, 2.45) is 9.98 Å². The molecule has 0 aliphatic carbocycles. The molecule has 0 spiro atoms. The molecule has 0 unspecified atom stereocenters. The largest absolute Gasteiger partial charge is 0.369 e. The zero-order valence-corrected chi connectivity index (χ0v) is 13.4. The van der Waals surface area contributed by atoms with Crippen LogP contribution in [0.25, 0.3) is 0 Å². The zero-order valence-electron chi connectivity index (χ0n) is 13.4. The molecule has 0 bridgehead atoms. The topological polar surface area (TPSA) is 57.1 Å². The van der Waals surface area contributed by atoms with Crippen molar-refractivity contribution in [3.63, 3.8) is 0 Å². The van der Waals surface area contributed by atoms with E-state index < -0.39 is 0 Å². The van der Waals surface area contributed by atoms with E-state index in [1.54, 1.807) is 0 Å². The normalized spacial score (nSPS) is 15.4. The molecule has 1 aliphatic heterocycles. The van der Waals surface area contributed by atoms with Crippen molar-refractivity contribution >= 4 is 23.6 Å². The SMILES string of the molecule is CN(C)C=NCCCCCCN=C1C(=O)Nc2ccccc21. The summed E-state index contributed by atoms with van der Waals surface area (Å²) in [6.45, 7) is 1.58. The van der Waals surface area contributed by atoms with Gasteiger partial charge >= 0.3 is 0 Å².